The molecule has 4 rings (SSSR count). The number of nitrogens with zero attached hydrogens (tertiary/aromatic N) is 1. The summed E-state index contributed by atoms with van der Waals surface area (Å²) in [6.45, 7) is 0.262. The summed E-state index contributed by atoms with van der Waals surface area (Å²) >= 11 is 0. The van der Waals surface area contributed by atoms with Gasteiger partial charge in [-0.1, -0.05) is 30.3 Å². The SMILES string of the molecule is O=C1CCCC2=C1[C@H](c1ccccc1)[C@H]1C(=O)OCC1=N2. The van der Waals surface area contributed by atoms with Crippen molar-refractivity contribution in [1.82, 2.24) is 0 Å². The van der Waals surface area contributed by atoms with E-state index in [9.17, 15) is 9.59 Å². The van der Waals surface area contributed by atoms with E-state index in [1.165, 1.54) is 0 Å². The van der Waals surface area contributed by atoms with E-state index in [-0.39, 0.29) is 24.3 Å². The molecular weight excluding hydrogens is 266 g/mol. The maximum Gasteiger partial charge on any atom is 0.316 e. The predicted octanol–water partition coefficient (Wildman–Crippen LogP) is 2.40. The Morgan fingerprint density at radius 3 is 2.67 bits per heavy atom. The maximum absolute atomic E-state index is 12.4. The molecule has 4 heteroatoms. The molecule has 2 aliphatic heterocycles. The molecule has 1 aliphatic carbocycles. The molecule has 0 bridgehead atoms. The lowest BCUT2D eigenvalue weighted by Gasteiger charge is -2.31. The van der Waals surface area contributed by atoms with Crippen molar-refractivity contribution in [2.24, 2.45) is 10.9 Å². The van der Waals surface area contributed by atoms with Gasteiger partial charge in [-0.2, -0.15) is 0 Å². The van der Waals surface area contributed by atoms with Crippen LogP contribution in [0.15, 0.2) is 46.6 Å². The first-order valence-electron chi connectivity index (χ1n) is 7.31. The Morgan fingerprint density at radius 2 is 1.86 bits per heavy atom. The van der Waals surface area contributed by atoms with E-state index >= 15 is 0 Å². The minimum absolute atomic E-state index is 0.132. The van der Waals surface area contributed by atoms with E-state index in [2.05, 4.69) is 4.99 Å². The monoisotopic (exact) mass is 281 g/mol. The summed E-state index contributed by atoms with van der Waals surface area (Å²) in [6, 6.07) is 9.77. The Morgan fingerprint density at radius 1 is 1.05 bits per heavy atom. The fourth-order valence-electron chi connectivity index (χ4n) is 3.57. The van der Waals surface area contributed by atoms with Crippen molar-refractivity contribution in [3.05, 3.63) is 47.2 Å². The molecule has 0 amide bonds. The Kier molecular flexibility index (Phi) is 2.77. The van der Waals surface area contributed by atoms with Gasteiger partial charge in [-0.15, -0.1) is 0 Å². The number of ketones is 1. The van der Waals surface area contributed by atoms with Gasteiger partial charge >= 0.3 is 5.97 Å². The molecule has 1 saturated heterocycles. The number of allylic oxidation sites excluding steroid dienone is 2. The number of rotatable bonds is 1. The van der Waals surface area contributed by atoms with Gasteiger partial charge in [-0.3, -0.25) is 14.6 Å². The molecule has 0 aromatic heterocycles. The van der Waals surface area contributed by atoms with Crippen LogP contribution in [0.2, 0.25) is 0 Å². The van der Waals surface area contributed by atoms with Crippen molar-refractivity contribution in [1.29, 1.82) is 0 Å². The van der Waals surface area contributed by atoms with Crippen molar-refractivity contribution in [3.8, 4) is 0 Å². The van der Waals surface area contributed by atoms with Gasteiger partial charge in [0.15, 0.2) is 5.78 Å². The zero-order chi connectivity index (χ0) is 14.4. The second-order valence-corrected chi connectivity index (χ2v) is 5.71. The van der Waals surface area contributed by atoms with Crippen molar-refractivity contribution in [2.45, 2.75) is 25.2 Å². The molecule has 0 saturated carbocycles. The summed E-state index contributed by atoms with van der Waals surface area (Å²) in [5, 5.41) is 0. The highest BCUT2D eigenvalue weighted by Gasteiger charge is 2.47. The smallest absolute Gasteiger partial charge is 0.316 e. The molecule has 1 aromatic rings. The normalized spacial score (nSPS) is 27.9. The third-order valence-electron chi connectivity index (χ3n) is 4.49. The van der Waals surface area contributed by atoms with E-state index in [1.54, 1.807) is 0 Å². The zero-order valence-corrected chi connectivity index (χ0v) is 11.5. The number of esters is 1. The molecule has 1 fully saturated rings. The first kappa shape index (κ1) is 12.5. The number of fused-ring (bicyclic) bond motifs is 1. The van der Waals surface area contributed by atoms with Crippen LogP contribution in [0, 0.1) is 5.92 Å². The van der Waals surface area contributed by atoms with Crippen LogP contribution < -0.4 is 0 Å². The number of hydrogen-bond donors (Lipinski definition) is 0. The van der Waals surface area contributed by atoms with Gasteiger partial charge < -0.3 is 4.74 Å². The number of carbonyl (C=O) groups excluding carboxylic acids is 2. The van der Waals surface area contributed by atoms with Gasteiger partial charge in [0.1, 0.15) is 12.5 Å². The van der Waals surface area contributed by atoms with Crippen molar-refractivity contribution < 1.29 is 14.3 Å². The van der Waals surface area contributed by atoms with Gasteiger partial charge in [0, 0.05) is 23.6 Å². The molecular formula is C17H15NO3. The largest absolute Gasteiger partial charge is 0.459 e. The average Bonchev–Trinajstić information content (AvgIpc) is 2.88. The Labute approximate surface area is 122 Å². The standard InChI is InChI=1S/C17H15NO3/c19-13-8-4-7-11-15(13)14(10-5-2-1-3-6-10)16-12(18-11)9-21-17(16)20/h1-3,5-6,14,16H,4,7-9H2/t14-,16-/m0/s1. The highest BCUT2D eigenvalue weighted by Crippen LogP contribution is 2.44. The summed E-state index contributed by atoms with van der Waals surface area (Å²) in [4.78, 5) is 29.1. The second kappa shape index (κ2) is 4.65. The fraction of sp³-hybridized carbons (Fsp3) is 0.353. The summed E-state index contributed by atoms with van der Waals surface area (Å²) in [5.41, 5.74) is 3.38. The third kappa shape index (κ3) is 1.86. The lowest BCUT2D eigenvalue weighted by Crippen LogP contribution is -2.33. The summed E-state index contributed by atoms with van der Waals surface area (Å²) in [5.74, 6) is -0.773. The number of Topliss-reactive ketones (excluding diaryl/α,β-unsaturated/α-hetero) is 1. The van der Waals surface area contributed by atoms with Gasteiger partial charge in [-0.25, -0.2) is 0 Å². The molecule has 0 radical (unpaired) electrons. The quantitative estimate of drug-likeness (QED) is 0.743. The van der Waals surface area contributed by atoms with E-state index in [1.807, 2.05) is 30.3 Å². The summed E-state index contributed by atoms with van der Waals surface area (Å²) in [7, 11) is 0. The molecule has 2 heterocycles. The molecule has 3 aliphatic rings. The minimum Gasteiger partial charge on any atom is -0.459 e. The summed E-state index contributed by atoms with van der Waals surface area (Å²) in [6.07, 6.45) is 2.21. The van der Waals surface area contributed by atoms with Crippen LogP contribution in [-0.2, 0) is 14.3 Å². The van der Waals surface area contributed by atoms with Crippen molar-refractivity contribution in [2.75, 3.05) is 6.61 Å². The van der Waals surface area contributed by atoms with Crippen LogP contribution in [0.5, 0.6) is 0 Å². The van der Waals surface area contributed by atoms with Crippen LogP contribution in [0.4, 0.5) is 0 Å². The summed E-state index contributed by atoms with van der Waals surface area (Å²) < 4.78 is 5.19. The molecule has 106 valence electrons. The van der Waals surface area contributed by atoms with Crippen LogP contribution in [0.25, 0.3) is 0 Å². The molecule has 0 N–H and O–H groups in total. The van der Waals surface area contributed by atoms with Crippen LogP contribution in [-0.4, -0.2) is 24.1 Å². The van der Waals surface area contributed by atoms with Crippen LogP contribution in [0.3, 0.4) is 0 Å². The van der Waals surface area contributed by atoms with Gasteiger partial charge in [0.05, 0.1) is 5.71 Å². The molecule has 2 atom stereocenters. The first-order valence-corrected chi connectivity index (χ1v) is 7.31. The average molecular weight is 281 g/mol. The van der Waals surface area contributed by atoms with Crippen LogP contribution in [0.1, 0.15) is 30.7 Å². The molecule has 0 spiro atoms. The molecule has 0 unspecified atom stereocenters. The van der Waals surface area contributed by atoms with Crippen LogP contribution >= 0.6 is 0 Å². The van der Waals surface area contributed by atoms with Crippen molar-refractivity contribution >= 4 is 17.5 Å². The zero-order valence-electron chi connectivity index (χ0n) is 11.5. The predicted molar refractivity (Wildman–Crippen MR) is 77.0 cm³/mol. The number of cyclic esters (lactones) is 1. The topological polar surface area (TPSA) is 55.7 Å². The maximum atomic E-state index is 12.4. The van der Waals surface area contributed by atoms with E-state index < -0.39 is 5.92 Å². The Bertz CT molecular complexity index is 687. The second-order valence-electron chi connectivity index (χ2n) is 5.71. The van der Waals surface area contributed by atoms with Gasteiger partial charge in [0.2, 0.25) is 0 Å². The first-order chi connectivity index (χ1) is 10.3. The molecule has 21 heavy (non-hydrogen) atoms. The minimum atomic E-state index is -0.423. The van der Waals surface area contributed by atoms with Gasteiger partial charge in [0.25, 0.3) is 0 Å². The number of carbonyl (C=O) groups is 2. The lowest BCUT2D eigenvalue weighted by atomic mass is 9.72. The third-order valence-corrected chi connectivity index (χ3v) is 4.49. The lowest BCUT2D eigenvalue weighted by molar-refractivity contribution is -0.141. The highest BCUT2D eigenvalue weighted by atomic mass is 16.5. The van der Waals surface area contributed by atoms with Crippen molar-refractivity contribution in [3.63, 3.8) is 0 Å². The molecule has 1 aromatic carbocycles. The number of benzene rings is 1. The number of hydrogen-bond acceptors (Lipinski definition) is 4. The number of aliphatic imine (C=N–C) groups is 1. The Balaban J connectivity index is 1.91. The molecule has 4 nitrogen and oxygen atoms in total. The van der Waals surface area contributed by atoms with E-state index in [4.69, 9.17) is 4.74 Å². The van der Waals surface area contributed by atoms with Gasteiger partial charge in [-0.05, 0) is 18.4 Å². The number of ether oxygens (including phenoxy) is 1. The fourth-order valence-corrected chi connectivity index (χ4v) is 3.57. The van der Waals surface area contributed by atoms with E-state index in [0.29, 0.717) is 6.42 Å². The Hall–Kier alpha value is -2.23. The van der Waals surface area contributed by atoms with E-state index in [0.717, 1.165) is 35.4 Å². The highest BCUT2D eigenvalue weighted by molar-refractivity contribution is 6.13.